The maximum atomic E-state index is 12.8. The molecule has 7 heteroatoms. The van der Waals surface area contributed by atoms with E-state index >= 15 is 0 Å². The van der Waals surface area contributed by atoms with Gasteiger partial charge in [0.25, 0.3) is 0 Å². The first-order chi connectivity index (χ1) is 7.23. The molecule has 94 valence electrons. The summed E-state index contributed by atoms with van der Waals surface area (Å²) in [5.74, 6) is -1.13. The molecular weight excluding hydrogens is 227 g/mol. The molecule has 0 saturated carbocycles. The summed E-state index contributed by atoms with van der Waals surface area (Å²) < 4.78 is 42.8. The van der Waals surface area contributed by atoms with Crippen LogP contribution in [0.3, 0.4) is 0 Å². The van der Waals surface area contributed by atoms with Gasteiger partial charge in [-0.1, -0.05) is 0 Å². The molecule has 0 amide bonds. The predicted octanol–water partition coefficient (Wildman–Crippen LogP) is 1.11. The zero-order valence-electron chi connectivity index (χ0n) is 9.04. The molecule has 0 aromatic rings. The van der Waals surface area contributed by atoms with E-state index in [4.69, 9.17) is 5.11 Å². The van der Waals surface area contributed by atoms with Crippen molar-refractivity contribution in [1.29, 1.82) is 0 Å². The number of likely N-dealkylation sites (tertiary alicyclic amines) is 1. The molecule has 0 aliphatic carbocycles. The molecule has 1 heterocycles. The van der Waals surface area contributed by atoms with Crippen LogP contribution in [0, 0.1) is 0 Å². The molecule has 4 nitrogen and oxygen atoms in total. The van der Waals surface area contributed by atoms with Crippen molar-refractivity contribution in [1.82, 2.24) is 4.90 Å². The number of rotatable bonds is 3. The van der Waals surface area contributed by atoms with E-state index < -0.39 is 30.3 Å². The van der Waals surface area contributed by atoms with Crippen molar-refractivity contribution in [3.8, 4) is 0 Å². The van der Waals surface area contributed by atoms with Crippen molar-refractivity contribution < 1.29 is 27.8 Å². The van der Waals surface area contributed by atoms with Crippen molar-refractivity contribution in [2.75, 3.05) is 20.2 Å². The molecule has 0 unspecified atom stereocenters. The fourth-order valence-electron chi connectivity index (χ4n) is 1.81. The normalized spacial score (nSPS) is 29.3. The number of alkyl halides is 3. The monoisotopic (exact) mass is 241 g/mol. The average Bonchev–Trinajstić information content (AvgIpc) is 2.60. The van der Waals surface area contributed by atoms with Crippen LogP contribution in [-0.2, 0) is 9.53 Å². The number of hydrogen-bond acceptors (Lipinski definition) is 3. The number of hydrogen-bond donors (Lipinski definition) is 1. The molecule has 0 bridgehead atoms. The van der Waals surface area contributed by atoms with Crippen LogP contribution in [0.2, 0.25) is 0 Å². The van der Waals surface area contributed by atoms with E-state index in [1.165, 1.54) is 11.8 Å². The number of carboxylic acid groups (broad SMARTS) is 1. The van der Waals surface area contributed by atoms with E-state index in [9.17, 15) is 18.0 Å². The quantitative estimate of drug-likeness (QED) is 0.804. The second kappa shape index (κ2) is 4.21. The molecule has 1 N–H and O–H groups in total. The lowest BCUT2D eigenvalue weighted by Gasteiger charge is -2.31. The molecule has 1 saturated heterocycles. The van der Waals surface area contributed by atoms with Gasteiger partial charge >= 0.3 is 12.1 Å². The Morgan fingerprint density at radius 1 is 1.56 bits per heavy atom. The predicted molar refractivity (Wildman–Crippen MR) is 49.1 cm³/mol. The van der Waals surface area contributed by atoms with Gasteiger partial charge in [0.2, 0.25) is 0 Å². The number of nitrogens with zero attached hydrogens (tertiary/aromatic N) is 1. The molecule has 16 heavy (non-hydrogen) atoms. The molecule has 0 spiro atoms. The van der Waals surface area contributed by atoms with Crippen LogP contribution < -0.4 is 0 Å². The molecule has 1 rings (SSSR count). The summed E-state index contributed by atoms with van der Waals surface area (Å²) in [5, 5.41) is 8.72. The second-order valence-electron chi connectivity index (χ2n) is 3.93. The zero-order valence-corrected chi connectivity index (χ0v) is 9.04. The smallest absolute Gasteiger partial charge is 0.418 e. The van der Waals surface area contributed by atoms with Crippen molar-refractivity contribution in [2.45, 2.75) is 31.2 Å². The summed E-state index contributed by atoms with van der Waals surface area (Å²) in [5.41, 5.74) is -2.23. The average molecular weight is 241 g/mol. The van der Waals surface area contributed by atoms with E-state index in [2.05, 4.69) is 4.74 Å². The molecule has 1 aliphatic heterocycles. The van der Waals surface area contributed by atoms with Crippen LogP contribution >= 0.6 is 0 Å². The highest BCUT2D eigenvalue weighted by Gasteiger charge is 2.59. The SMILES string of the molecule is CO[C@@]1(C(F)(F)F)CCN([C@H](C)C(=O)O)C1. The van der Waals surface area contributed by atoms with Crippen molar-refractivity contribution >= 4 is 5.97 Å². The number of carbonyl (C=O) groups is 1. The topological polar surface area (TPSA) is 49.8 Å². The third-order valence-corrected chi connectivity index (χ3v) is 3.07. The zero-order chi connectivity index (χ0) is 12.6. The summed E-state index contributed by atoms with van der Waals surface area (Å²) in [6.45, 7) is 1.01. The highest BCUT2D eigenvalue weighted by atomic mass is 19.4. The van der Waals surface area contributed by atoms with Gasteiger partial charge in [0.15, 0.2) is 5.60 Å². The Bertz CT molecular complexity index is 282. The number of carboxylic acids is 1. The molecule has 2 atom stereocenters. The molecule has 0 radical (unpaired) electrons. The molecule has 0 aromatic heterocycles. The molecule has 1 fully saturated rings. The van der Waals surface area contributed by atoms with Crippen LogP contribution in [0.1, 0.15) is 13.3 Å². The fourth-order valence-corrected chi connectivity index (χ4v) is 1.81. The van der Waals surface area contributed by atoms with Crippen LogP contribution in [-0.4, -0.2) is 54.0 Å². The summed E-state index contributed by atoms with van der Waals surface area (Å²) >= 11 is 0. The van der Waals surface area contributed by atoms with Gasteiger partial charge in [0, 0.05) is 20.2 Å². The summed E-state index contributed by atoms with van der Waals surface area (Å²) in [4.78, 5) is 11.9. The minimum atomic E-state index is -4.48. The number of ether oxygens (including phenoxy) is 1. The van der Waals surface area contributed by atoms with Gasteiger partial charge in [-0.25, -0.2) is 0 Å². The summed E-state index contributed by atoms with van der Waals surface area (Å²) in [7, 11) is 1.00. The van der Waals surface area contributed by atoms with Crippen molar-refractivity contribution in [3.05, 3.63) is 0 Å². The highest BCUT2D eigenvalue weighted by molar-refractivity contribution is 5.72. The van der Waals surface area contributed by atoms with Crippen LogP contribution in [0.5, 0.6) is 0 Å². The van der Waals surface area contributed by atoms with Crippen molar-refractivity contribution in [2.24, 2.45) is 0 Å². The Labute approximate surface area is 91.0 Å². The number of halogens is 3. The van der Waals surface area contributed by atoms with Gasteiger partial charge in [0.05, 0.1) is 0 Å². The first-order valence-corrected chi connectivity index (χ1v) is 4.82. The molecule has 0 aromatic carbocycles. The maximum Gasteiger partial charge on any atom is 0.418 e. The minimum absolute atomic E-state index is 0.0703. The third kappa shape index (κ3) is 2.15. The Balaban J connectivity index is 2.80. The molecule has 1 aliphatic rings. The van der Waals surface area contributed by atoms with Crippen LogP contribution in [0.15, 0.2) is 0 Å². The maximum absolute atomic E-state index is 12.8. The third-order valence-electron chi connectivity index (χ3n) is 3.07. The standard InChI is InChI=1S/C9H14F3NO3/c1-6(7(14)15)13-4-3-8(5-13,16-2)9(10,11)12/h6H,3-5H2,1-2H3,(H,14,15)/t6-,8+/m1/s1. The summed E-state index contributed by atoms with van der Waals surface area (Å²) in [6.07, 6.45) is -4.71. The summed E-state index contributed by atoms with van der Waals surface area (Å²) in [6, 6.07) is -0.931. The first kappa shape index (κ1) is 13.2. The number of methoxy groups -OCH3 is 1. The Morgan fingerprint density at radius 2 is 2.12 bits per heavy atom. The lowest BCUT2D eigenvalue weighted by Crippen LogP contribution is -2.50. The van der Waals surface area contributed by atoms with E-state index in [0.717, 1.165) is 7.11 Å². The van der Waals surface area contributed by atoms with E-state index in [0.29, 0.717) is 0 Å². The largest absolute Gasteiger partial charge is 0.480 e. The van der Waals surface area contributed by atoms with E-state index in [1.807, 2.05) is 0 Å². The van der Waals surface area contributed by atoms with Gasteiger partial charge in [-0.3, -0.25) is 9.69 Å². The highest BCUT2D eigenvalue weighted by Crippen LogP contribution is 2.40. The first-order valence-electron chi connectivity index (χ1n) is 4.82. The lowest BCUT2D eigenvalue weighted by atomic mass is 10.0. The Morgan fingerprint density at radius 3 is 2.44 bits per heavy atom. The second-order valence-corrected chi connectivity index (χ2v) is 3.93. The van der Waals surface area contributed by atoms with E-state index in [-0.39, 0.29) is 13.0 Å². The Kier molecular flexibility index (Phi) is 3.49. The van der Waals surface area contributed by atoms with Gasteiger partial charge in [-0.2, -0.15) is 13.2 Å². The Hall–Kier alpha value is -0.820. The van der Waals surface area contributed by atoms with Gasteiger partial charge in [0.1, 0.15) is 6.04 Å². The fraction of sp³-hybridized carbons (Fsp3) is 0.889. The lowest BCUT2D eigenvalue weighted by molar-refractivity contribution is -0.264. The minimum Gasteiger partial charge on any atom is -0.480 e. The number of aliphatic carboxylic acids is 1. The molecular formula is C9H14F3NO3. The van der Waals surface area contributed by atoms with Crippen LogP contribution in [0.4, 0.5) is 13.2 Å². The van der Waals surface area contributed by atoms with Crippen molar-refractivity contribution in [3.63, 3.8) is 0 Å². The van der Waals surface area contributed by atoms with E-state index in [1.54, 1.807) is 0 Å². The van der Waals surface area contributed by atoms with Gasteiger partial charge in [-0.05, 0) is 13.3 Å². The van der Waals surface area contributed by atoms with Crippen LogP contribution in [0.25, 0.3) is 0 Å². The van der Waals surface area contributed by atoms with Gasteiger partial charge < -0.3 is 9.84 Å². The van der Waals surface area contributed by atoms with Gasteiger partial charge in [-0.15, -0.1) is 0 Å².